The molecular weight excluding hydrogens is 280 g/mol. The summed E-state index contributed by atoms with van der Waals surface area (Å²) < 4.78 is 5.45. The van der Waals surface area contributed by atoms with Gasteiger partial charge < -0.3 is 15.2 Å². The van der Waals surface area contributed by atoms with E-state index in [0.717, 1.165) is 0 Å². The number of carboxylic acids is 1. The lowest BCUT2D eigenvalue weighted by atomic mass is 10.1. The van der Waals surface area contributed by atoms with Crippen LogP contribution in [0.1, 0.15) is 20.8 Å². The van der Waals surface area contributed by atoms with Crippen molar-refractivity contribution in [2.45, 2.75) is 32.4 Å². The van der Waals surface area contributed by atoms with Crippen LogP contribution in [0.15, 0.2) is 24.3 Å². The summed E-state index contributed by atoms with van der Waals surface area (Å²) in [4.78, 5) is 32.6. The lowest BCUT2D eigenvalue weighted by molar-refractivity contribution is -0.384. The van der Waals surface area contributed by atoms with E-state index in [1.54, 1.807) is 0 Å². The predicted octanol–water partition coefficient (Wildman–Crippen LogP) is 1.34. The number of ether oxygens (including phenoxy) is 1. The largest absolute Gasteiger partial charge is 0.480 e. The van der Waals surface area contributed by atoms with Gasteiger partial charge in [-0.1, -0.05) is 0 Å². The van der Waals surface area contributed by atoms with Crippen LogP contribution < -0.4 is 10.1 Å². The third kappa shape index (κ3) is 4.44. The SMILES string of the molecule is CC(NC(=O)C(C)(C)Oc1ccc([N+](=O)[O-])cc1)C(=O)O. The number of carbonyl (C=O) groups excluding carboxylic acids is 1. The van der Waals surface area contributed by atoms with Gasteiger partial charge >= 0.3 is 5.97 Å². The van der Waals surface area contributed by atoms with E-state index in [9.17, 15) is 19.7 Å². The highest BCUT2D eigenvalue weighted by molar-refractivity contribution is 5.88. The maximum Gasteiger partial charge on any atom is 0.325 e. The number of carbonyl (C=O) groups is 2. The summed E-state index contributed by atoms with van der Waals surface area (Å²) in [5, 5.41) is 21.6. The maximum atomic E-state index is 12.0. The van der Waals surface area contributed by atoms with E-state index in [1.807, 2.05) is 0 Å². The fourth-order valence-electron chi connectivity index (χ4n) is 1.41. The molecule has 2 N–H and O–H groups in total. The maximum absolute atomic E-state index is 12.0. The molecule has 0 aliphatic carbocycles. The smallest absolute Gasteiger partial charge is 0.325 e. The van der Waals surface area contributed by atoms with E-state index in [0.29, 0.717) is 0 Å². The summed E-state index contributed by atoms with van der Waals surface area (Å²) in [6.07, 6.45) is 0. The van der Waals surface area contributed by atoms with Gasteiger partial charge in [0.25, 0.3) is 11.6 Å². The highest BCUT2D eigenvalue weighted by Gasteiger charge is 2.32. The summed E-state index contributed by atoms with van der Waals surface area (Å²) in [5.41, 5.74) is -1.41. The second kappa shape index (κ2) is 6.21. The van der Waals surface area contributed by atoms with Crippen LogP contribution in [0, 0.1) is 10.1 Å². The van der Waals surface area contributed by atoms with Gasteiger partial charge in [0, 0.05) is 12.1 Å². The number of hydrogen-bond donors (Lipinski definition) is 2. The Labute approximate surface area is 120 Å². The van der Waals surface area contributed by atoms with E-state index < -0.39 is 28.4 Å². The molecule has 0 heterocycles. The van der Waals surface area contributed by atoms with Crippen molar-refractivity contribution >= 4 is 17.6 Å². The van der Waals surface area contributed by atoms with Crippen molar-refractivity contribution in [1.29, 1.82) is 0 Å². The summed E-state index contributed by atoms with van der Waals surface area (Å²) in [7, 11) is 0. The molecule has 1 aromatic rings. The minimum atomic E-state index is -1.32. The first-order valence-electron chi connectivity index (χ1n) is 6.10. The summed E-state index contributed by atoms with van der Waals surface area (Å²) in [6, 6.07) is 4.20. The number of amides is 1. The van der Waals surface area contributed by atoms with Crippen LogP contribution in [-0.2, 0) is 9.59 Å². The zero-order chi connectivity index (χ0) is 16.2. The van der Waals surface area contributed by atoms with E-state index in [2.05, 4.69) is 5.32 Å². The quantitative estimate of drug-likeness (QED) is 0.604. The number of carboxylic acid groups (broad SMARTS) is 1. The second-order valence-corrected chi connectivity index (χ2v) is 4.90. The Morgan fingerprint density at radius 3 is 2.29 bits per heavy atom. The first-order chi connectivity index (χ1) is 9.63. The van der Waals surface area contributed by atoms with Crippen LogP contribution in [0.5, 0.6) is 5.75 Å². The molecule has 21 heavy (non-hydrogen) atoms. The van der Waals surface area contributed by atoms with Crippen molar-refractivity contribution in [3.8, 4) is 5.75 Å². The highest BCUT2D eigenvalue weighted by atomic mass is 16.6. The van der Waals surface area contributed by atoms with Crippen molar-refractivity contribution in [2.75, 3.05) is 0 Å². The molecule has 1 rings (SSSR count). The third-order valence-corrected chi connectivity index (χ3v) is 2.69. The summed E-state index contributed by atoms with van der Waals surface area (Å²) >= 11 is 0. The molecule has 1 amide bonds. The molecule has 0 radical (unpaired) electrons. The molecule has 114 valence electrons. The van der Waals surface area contributed by atoms with E-state index in [1.165, 1.54) is 45.0 Å². The molecule has 0 saturated heterocycles. The van der Waals surface area contributed by atoms with Gasteiger partial charge in [-0.2, -0.15) is 0 Å². The number of hydrogen-bond acceptors (Lipinski definition) is 5. The first-order valence-corrected chi connectivity index (χ1v) is 6.10. The van der Waals surface area contributed by atoms with Crippen LogP contribution >= 0.6 is 0 Å². The van der Waals surface area contributed by atoms with Crippen molar-refractivity contribution in [3.05, 3.63) is 34.4 Å². The minimum absolute atomic E-state index is 0.0934. The molecule has 1 atom stereocenters. The number of rotatable bonds is 6. The van der Waals surface area contributed by atoms with Gasteiger partial charge in [-0.15, -0.1) is 0 Å². The topological polar surface area (TPSA) is 119 Å². The monoisotopic (exact) mass is 296 g/mol. The minimum Gasteiger partial charge on any atom is -0.480 e. The Hall–Kier alpha value is -2.64. The van der Waals surface area contributed by atoms with Crippen LogP contribution in [0.4, 0.5) is 5.69 Å². The fourth-order valence-corrected chi connectivity index (χ4v) is 1.41. The third-order valence-electron chi connectivity index (χ3n) is 2.69. The Kier molecular flexibility index (Phi) is 4.85. The molecule has 1 aromatic carbocycles. The zero-order valence-electron chi connectivity index (χ0n) is 11.8. The molecule has 0 aromatic heterocycles. The van der Waals surface area contributed by atoms with Gasteiger partial charge in [-0.05, 0) is 32.9 Å². The highest BCUT2D eigenvalue weighted by Crippen LogP contribution is 2.22. The number of non-ortho nitro benzene ring substituents is 1. The van der Waals surface area contributed by atoms with Gasteiger partial charge in [0.05, 0.1) is 4.92 Å². The number of nitrogens with one attached hydrogen (secondary N) is 1. The average molecular weight is 296 g/mol. The van der Waals surface area contributed by atoms with Crippen LogP contribution in [0.25, 0.3) is 0 Å². The van der Waals surface area contributed by atoms with Crippen LogP contribution in [-0.4, -0.2) is 33.5 Å². The number of benzene rings is 1. The van der Waals surface area contributed by atoms with Crippen molar-refractivity contribution in [3.63, 3.8) is 0 Å². The predicted molar refractivity (Wildman–Crippen MR) is 73.0 cm³/mol. The molecule has 0 saturated carbocycles. The number of nitro groups is 1. The van der Waals surface area contributed by atoms with E-state index in [4.69, 9.17) is 9.84 Å². The van der Waals surface area contributed by atoms with Crippen LogP contribution in [0.3, 0.4) is 0 Å². The normalized spacial score (nSPS) is 12.3. The lowest BCUT2D eigenvalue weighted by Gasteiger charge is -2.26. The summed E-state index contributed by atoms with van der Waals surface area (Å²) in [5.74, 6) is -1.49. The molecule has 0 fully saturated rings. The van der Waals surface area contributed by atoms with Crippen molar-refractivity contribution < 1.29 is 24.4 Å². The molecule has 0 aliphatic heterocycles. The Morgan fingerprint density at radius 2 is 1.86 bits per heavy atom. The Balaban J connectivity index is 2.77. The Morgan fingerprint density at radius 1 is 1.33 bits per heavy atom. The van der Waals surface area contributed by atoms with Gasteiger partial charge in [-0.25, -0.2) is 0 Å². The molecule has 8 heteroatoms. The second-order valence-electron chi connectivity index (χ2n) is 4.90. The van der Waals surface area contributed by atoms with Crippen molar-refractivity contribution in [2.24, 2.45) is 0 Å². The number of nitro benzene ring substituents is 1. The molecule has 1 unspecified atom stereocenters. The fraction of sp³-hybridized carbons (Fsp3) is 0.385. The standard InChI is InChI=1S/C13H16N2O6/c1-8(11(16)17)14-12(18)13(2,3)21-10-6-4-9(5-7-10)15(19)20/h4-8H,1-3H3,(H,14,18)(H,16,17). The first kappa shape index (κ1) is 16.4. The number of aliphatic carboxylic acids is 1. The Bertz CT molecular complexity index is 552. The van der Waals surface area contributed by atoms with Gasteiger partial charge in [0.15, 0.2) is 5.60 Å². The molecule has 8 nitrogen and oxygen atoms in total. The molecule has 0 aliphatic rings. The molecule has 0 bridgehead atoms. The van der Waals surface area contributed by atoms with Gasteiger partial charge in [0.2, 0.25) is 0 Å². The molecule has 0 spiro atoms. The van der Waals surface area contributed by atoms with Gasteiger partial charge in [-0.3, -0.25) is 19.7 Å². The van der Waals surface area contributed by atoms with E-state index >= 15 is 0 Å². The number of nitrogens with zero attached hydrogens (tertiary/aromatic N) is 1. The van der Waals surface area contributed by atoms with E-state index in [-0.39, 0.29) is 11.4 Å². The van der Waals surface area contributed by atoms with Crippen LogP contribution in [0.2, 0.25) is 0 Å². The molecular formula is C13H16N2O6. The lowest BCUT2D eigenvalue weighted by Crippen LogP contribution is -2.51. The van der Waals surface area contributed by atoms with Gasteiger partial charge in [0.1, 0.15) is 11.8 Å². The average Bonchev–Trinajstić information content (AvgIpc) is 2.38. The summed E-state index contributed by atoms with van der Waals surface area (Å²) in [6.45, 7) is 4.28. The van der Waals surface area contributed by atoms with Crippen molar-refractivity contribution in [1.82, 2.24) is 5.32 Å². The zero-order valence-corrected chi connectivity index (χ0v) is 11.8.